The molecule has 0 bridgehead atoms. The molecule has 0 radical (unpaired) electrons. The van der Waals surface area contributed by atoms with E-state index in [0.29, 0.717) is 11.8 Å². The Morgan fingerprint density at radius 3 is 2.38 bits per heavy atom. The third-order valence-electron chi connectivity index (χ3n) is 8.48. The van der Waals surface area contributed by atoms with E-state index in [-0.39, 0.29) is 6.10 Å². The third kappa shape index (κ3) is 5.18. The summed E-state index contributed by atoms with van der Waals surface area (Å²) in [5.41, 5.74) is 7.74. The molecule has 3 aromatic carbocycles. The van der Waals surface area contributed by atoms with Crippen LogP contribution >= 0.6 is 0 Å². The van der Waals surface area contributed by atoms with Gasteiger partial charge in [0.25, 0.3) is 0 Å². The van der Waals surface area contributed by atoms with Crippen LogP contribution in [0.2, 0.25) is 0 Å². The van der Waals surface area contributed by atoms with Crippen molar-refractivity contribution in [3.8, 4) is 11.5 Å². The van der Waals surface area contributed by atoms with E-state index in [1.54, 1.807) is 0 Å². The fourth-order valence-corrected chi connectivity index (χ4v) is 6.00. The summed E-state index contributed by atoms with van der Waals surface area (Å²) in [6, 6.07) is 27.5. The minimum absolute atomic E-state index is 0.0451. The molecular formula is C36H37NO2. The van der Waals surface area contributed by atoms with E-state index < -0.39 is 0 Å². The van der Waals surface area contributed by atoms with Gasteiger partial charge in [0.05, 0.1) is 5.69 Å². The Bertz CT molecular complexity index is 1460. The van der Waals surface area contributed by atoms with Crippen molar-refractivity contribution in [3.63, 3.8) is 0 Å². The van der Waals surface area contributed by atoms with Gasteiger partial charge in [-0.25, -0.2) is 0 Å². The van der Waals surface area contributed by atoms with Crippen LogP contribution in [0.25, 0.3) is 5.57 Å². The molecule has 198 valence electrons. The molecule has 0 amide bonds. The largest absolute Gasteiger partial charge is 0.486 e. The van der Waals surface area contributed by atoms with Crippen LogP contribution in [0, 0.1) is 11.8 Å². The fraction of sp³-hybridized carbons (Fsp3) is 0.278. The molecule has 0 spiro atoms. The van der Waals surface area contributed by atoms with E-state index in [4.69, 9.17) is 9.47 Å². The van der Waals surface area contributed by atoms with Crippen molar-refractivity contribution in [2.45, 2.75) is 45.6 Å². The Balaban J connectivity index is 1.35. The van der Waals surface area contributed by atoms with Crippen LogP contribution < -0.4 is 14.4 Å². The second-order valence-corrected chi connectivity index (χ2v) is 11.0. The van der Waals surface area contributed by atoms with E-state index in [1.807, 2.05) is 18.2 Å². The zero-order valence-electron chi connectivity index (χ0n) is 23.1. The quantitative estimate of drug-likeness (QED) is 0.347. The number of allylic oxidation sites excluding steroid dienone is 6. The number of anilines is 1. The van der Waals surface area contributed by atoms with Gasteiger partial charge in [0.2, 0.25) is 0 Å². The van der Waals surface area contributed by atoms with Crippen molar-refractivity contribution in [1.29, 1.82) is 0 Å². The molecule has 0 aromatic heterocycles. The molecule has 2 heterocycles. The molecule has 0 fully saturated rings. The van der Waals surface area contributed by atoms with Crippen LogP contribution in [-0.4, -0.2) is 13.2 Å². The predicted molar refractivity (Wildman–Crippen MR) is 161 cm³/mol. The Kier molecular flexibility index (Phi) is 7.15. The molecule has 3 unspecified atom stereocenters. The molecule has 0 N–H and O–H groups in total. The molecule has 0 saturated carbocycles. The Labute approximate surface area is 232 Å². The zero-order chi connectivity index (χ0) is 26.8. The Morgan fingerprint density at radius 1 is 0.821 bits per heavy atom. The van der Waals surface area contributed by atoms with Gasteiger partial charge in [-0.1, -0.05) is 86.7 Å². The van der Waals surface area contributed by atoms with Gasteiger partial charge < -0.3 is 14.4 Å². The van der Waals surface area contributed by atoms with E-state index in [0.717, 1.165) is 48.8 Å². The van der Waals surface area contributed by atoms with Crippen molar-refractivity contribution >= 4 is 11.3 Å². The molecule has 1 aliphatic carbocycles. The summed E-state index contributed by atoms with van der Waals surface area (Å²) in [5.74, 6) is 3.76. The normalized spacial score (nSPS) is 24.9. The molecule has 2 aliphatic heterocycles. The molecule has 0 saturated heterocycles. The predicted octanol–water partition coefficient (Wildman–Crippen LogP) is 8.75. The van der Waals surface area contributed by atoms with Gasteiger partial charge in [-0.3, -0.25) is 0 Å². The van der Waals surface area contributed by atoms with Crippen LogP contribution in [0.5, 0.6) is 11.5 Å². The Hall–Kier alpha value is -3.98. The highest BCUT2D eigenvalue weighted by Gasteiger charge is 2.28. The van der Waals surface area contributed by atoms with Crippen molar-refractivity contribution in [3.05, 3.63) is 131 Å². The van der Waals surface area contributed by atoms with Gasteiger partial charge in [0, 0.05) is 7.05 Å². The summed E-state index contributed by atoms with van der Waals surface area (Å²) in [5, 5.41) is 0. The van der Waals surface area contributed by atoms with E-state index >= 15 is 0 Å². The standard InChI is InChI=1S/C36H37NO2/c1-25-24-30-14-7-9-18-33(30)38-32(26(25)2)22-20-28-15-11-16-29(36(28)27-12-5-4-6-13-27)21-23-35-37(3)31-17-8-10-19-34(31)39-35/h4-10,12-14,17-23,25-26,32H,11,15-16,24H2,1-3H3. The van der Waals surface area contributed by atoms with E-state index in [2.05, 4.69) is 111 Å². The smallest absolute Gasteiger partial charge is 0.200 e. The topological polar surface area (TPSA) is 21.7 Å². The molecular weight excluding hydrogens is 478 g/mol. The van der Waals surface area contributed by atoms with Gasteiger partial charge >= 0.3 is 0 Å². The highest BCUT2D eigenvalue weighted by atomic mass is 16.5. The van der Waals surface area contributed by atoms with Crippen molar-refractivity contribution in [2.24, 2.45) is 11.8 Å². The summed E-state index contributed by atoms with van der Waals surface area (Å²) in [6.07, 6.45) is 13.4. The first-order valence-electron chi connectivity index (χ1n) is 14.2. The average molecular weight is 516 g/mol. The SMILES string of the molecule is CC1Cc2ccccc2OC(C=CC2=C(c3ccccc3)C(=CC=C3Oc4ccccc4N3C)CCC2)C1C. The van der Waals surface area contributed by atoms with Crippen LogP contribution in [-0.2, 0) is 6.42 Å². The van der Waals surface area contributed by atoms with Crippen LogP contribution in [0.1, 0.15) is 44.2 Å². The first-order chi connectivity index (χ1) is 19.1. The third-order valence-corrected chi connectivity index (χ3v) is 8.48. The Morgan fingerprint density at radius 2 is 1.56 bits per heavy atom. The first-order valence-corrected chi connectivity index (χ1v) is 14.2. The molecule has 3 heteroatoms. The van der Waals surface area contributed by atoms with Gasteiger partial charge in [-0.15, -0.1) is 0 Å². The van der Waals surface area contributed by atoms with E-state index in [1.165, 1.54) is 27.8 Å². The number of rotatable bonds is 4. The lowest BCUT2D eigenvalue weighted by molar-refractivity contribution is 0.164. The summed E-state index contributed by atoms with van der Waals surface area (Å²) in [4.78, 5) is 2.12. The highest BCUT2D eigenvalue weighted by molar-refractivity contribution is 5.84. The van der Waals surface area contributed by atoms with Gasteiger partial charge in [-0.05, 0) is 95.7 Å². The molecule has 3 nitrogen and oxygen atoms in total. The molecule has 3 atom stereocenters. The van der Waals surface area contributed by atoms with Crippen LogP contribution in [0.4, 0.5) is 5.69 Å². The van der Waals surface area contributed by atoms with Crippen molar-refractivity contribution < 1.29 is 9.47 Å². The van der Waals surface area contributed by atoms with Crippen molar-refractivity contribution in [2.75, 3.05) is 11.9 Å². The molecule has 3 aliphatic rings. The van der Waals surface area contributed by atoms with Gasteiger partial charge in [0.1, 0.15) is 11.9 Å². The monoisotopic (exact) mass is 515 g/mol. The summed E-state index contributed by atoms with van der Waals surface area (Å²) >= 11 is 0. The minimum atomic E-state index is 0.0451. The molecule has 3 aromatic rings. The second-order valence-electron chi connectivity index (χ2n) is 11.0. The summed E-state index contributed by atoms with van der Waals surface area (Å²) in [6.45, 7) is 4.67. The number of hydrogen-bond acceptors (Lipinski definition) is 3. The maximum absolute atomic E-state index is 6.60. The number of para-hydroxylation sites is 3. The van der Waals surface area contributed by atoms with Gasteiger partial charge in [0.15, 0.2) is 11.6 Å². The average Bonchev–Trinajstić information content (AvgIpc) is 3.23. The summed E-state index contributed by atoms with van der Waals surface area (Å²) < 4.78 is 12.8. The minimum Gasteiger partial charge on any atom is -0.486 e. The first kappa shape index (κ1) is 25.3. The number of ether oxygens (including phenoxy) is 2. The van der Waals surface area contributed by atoms with E-state index in [9.17, 15) is 0 Å². The maximum atomic E-state index is 6.60. The molecule has 39 heavy (non-hydrogen) atoms. The lowest BCUT2D eigenvalue weighted by Gasteiger charge is -2.25. The number of nitrogens with zero attached hydrogens (tertiary/aromatic N) is 1. The summed E-state index contributed by atoms with van der Waals surface area (Å²) in [7, 11) is 2.06. The number of hydrogen-bond donors (Lipinski definition) is 0. The zero-order valence-corrected chi connectivity index (χ0v) is 23.1. The fourth-order valence-electron chi connectivity index (χ4n) is 6.00. The van der Waals surface area contributed by atoms with Gasteiger partial charge in [-0.2, -0.15) is 0 Å². The van der Waals surface area contributed by atoms with Crippen molar-refractivity contribution in [1.82, 2.24) is 0 Å². The lowest BCUT2D eigenvalue weighted by atomic mass is 9.82. The lowest BCUT2D eigenvalue weighted by Crippen LogP contribution is -2.26. The second kappa shape index (κ2) is 11.0. The maximum Gasteiger partial charge on any atom is 0.200 e. The molecule has 6 rings (SSSR count). The highest BCUT2D eigenvalue weighted by Crippen LogP contribution is 2.40. The van der Waals surface area contributed by atoms with Crippen LogP contribution in [0.15, 0.2) is 120 Å². The number of fused-ring (bicyclic) bond motifs is 2. The van der Waals surface area contributed by atoms with Crippen LogP contribution in [0.3, 0.4) is 0 Å². The number of benzene rings is 3.